The first-order valence-corrected chi connectivity index (χ1v) is 4.91. The van der Waals surface area contributed by atoms with E-state index >= 15 is 0 Å². The molecule has 0 aromatic heterocycles. The fourth-order valence-electron chi connectivity index (χ4n) is 1.19. The zero-order valence-corrected chi connectivity index (χ0v) is 8.26. The van der Waals surface area contributed by atoms with Crippen molar-refractivity contribution in [1.82, 2.24) is 5.32 Å². The van der Waals surface area contributed by atoms with Gasteiger partial charge in [-0.1, -0.05) is 20.8 Å². The summed E-state index contributed by atoms with van der Waals surface area (Å²) in [4.78, 5) is 11.5. The monoisotopic (exact) mass is 171 g/mol. The molecule has 0 spiro atoms. The highest BCUT2D eigenvalue weighted by atomic mass is 16.1. The van der Waals surface area contributed by atoms with Gasteiger partial charge < -0.3 is 5.32 Å². The summed E-state index contributed by atoms with van der Waals surface area (Å²) in [5.41, 5.74) is 0. The molecule has 0 radical (unpaired) electrons. The largest absolute Gasteiger partial charge is 0.353 e. The summed E-state index contributed by atoms with van der Waals surface area (Å²) in [7, 11) is 0. The van der Waals surface area contributed by atoms with E-state index in [0.717, 1.165) is 0 Å². The summed E-state index contributed by atoms with van der Waals surface area (Å²) in [6.45, 7) is 6.18. The van der Waals surface area contributed by atoms with E-state index < -0.39 is 0 Å². The third-order valence-corrected chi connectivity index (χ3v) is 2.87. The van der Waals surface area contributed by atoms with Crippen LogP contribution >= 0.6 is 0 Å². The molecule has 1 N–H and O–H groups in total. The molecule has 0 aliphatic heterocycles. The van der Waals surface area contributed by atoms with Crippen molar-refractivity contribution in [3.63, 3.8) is 0 Å². The Hall–Kier alpha value is -0.530. The van der Waals surface area contributed by atoms with E-state index in [2.05, 4.69) is 19.2 Å². The van der Waals surface area contributed by atoms with E-state index in [4.69, 9.17) is 0 Å². The second-order valence-electron chi connectivity index (χ2n) is 4.17. The zero-order chi connectivity index (χ0) is 9.14. The molecule has 0 saturated heterocycles. The van der Waals surface area contributed by atoms with Gasteiger partial charge >= 0.3 is 0 Å². The molecule has 0 aromatic rings. The molecule has 1 aliphatic rings. The van der Waals surface area contributed by atoms with Gasteiger partial charge in [-0.3, -0.25) is 4.79 Å². The first-order chi connectivity index (χ1) is 5.61. The lowest BCUT2D eigenvalue weighted by Gasteiger charge is -2.28. The van der Waals surface area contributed by atoms with Crippen molar-refractivity contribution in [3.8, 4) is 0 Å². The third-order valence-electron chi connectivity index (χ3n) is 2.87. The molecule has 1 atom stereocenters. The van der Waals surface area contributed by atoms with Crippen molar-refractivity contribution < 1.29 is 6.22 Å². The number of hydrogen-bond acceptors (Lipinski definition) is 1. The molecule has 2 heteroatoms. The Bertz CT molecular complexity index is 166. The maximum absolute atomic E-state index is 11.5. The van der Waals surface area contributed by atoms with Gasteiger partial charge in [0.15, 0.2) is 0 Å². The van der Waals surface area contributed by atoms with Gasteiger partial charge in [0.25, 0.3) is 0 Å². The van der Waals surface area contributed by atoms with Crippen molar-refractivity contribution in [2.75, 3.05) is 0 Å². The quantitative estimate of drug-likeness (QED) is 0.693. The van der Waals surface area contributed by atoms with Crippen LogP contribution in [-0.2, 0) is 4.79 Å². The summed E-state index contributed by atoms with van der Waals surface area (Å²) in [6, 6.07) is 0.485. The van der Waals surface area contributed by atoms with Gasteiger partial charge in [0.05, 0.1) is 0 Å². The molecule has 1 rings (SSSR count). The molecule has 1 aliphatic carbocycles. The highest BCUT2D eigenvalue weighted by Crippen LogP contribution is 2.19. The molecule has 1 unspecified atom stereocenters. The van der Waals surface area contributed by atoms with E-state index in [9.17, 15) is 4.79 Å². The van der Waals surface area contributed by atoms with Gasteiger partial charge in [0.2, 0.25) is 5.91 Å². The topological polar surface area (TPSA) is 29.1 Å². The number of carbonyl (C=O) groups excluding carboxylic acids is 1. The van der Waals surface area contributed by atoms with Crippen LogP contribution in [0.1, 0.15) is 41.5 Å². The van der Waals surface area contributed by atoms with Crippen molar-refractivity contribution in [1.29, 1.82) is 0 Å². The predicted octanol–water partition coefficient (Wildman–Crippen LogP) is 2.19. The first kappa shape index (κ1) is 9.56. The molecule has 1 fully saturated rings. The molecular formula is C10H21NO. The van der Waals surface area contributed by atoms with Crippen LogP contribution in [0.25, 0.3) is 0 Å². The fourth-order valence-corrected chi connectivity index (χ4v) is 1.19. The van der Waals surface area contributed by atoms with Gasteiger partial charge in [-0.15, -0.1) is 0 Å². The summed E-state index contributed by atoms with van der Waals surface area (Å²) in [5.74, 6) is 0.838. The summed E-state index contributed by atoms with van der Waals surface area (Å²) >= 11 is 0. The number of hydrogen-bond donors (Lipinski definition) is 1. The van der Waals surface area contributed by atoms with Gasteiger partial charge in [-0.05, 0) is 25.2 Å². The number of amides is 1. The minimum absolute atomic E-state index is 0. The maximum Gasteiger partial charge on any atom is 0.223 e. The van der Waals surface area contributed by atoms with Crippen LogP contribution < -0.4 is 5.32 Å². The second kappa shape index (κ2) is 3.92. The third kappa shape index (κ3) is 2.23. The molecule has 12 heavy (non-hydrogen) atoms. The Balaban J connectivity index is 0.00000144. The van der Waals surface area contributed by atoms with E-state index in [1.165, 1.54) is 19.3 Å². The van der Waals surface area contributed by atoms with Crippen molar-refractivity contribution in [2.24, 2.45) is 11.8 Å². The van der Waals surface area contributed by atoms with Crippen LogP contribution in [0.15, 0.2) is 0 Å². The van der Waals surface area contributed by atoms with Crippen LogP contribution in [-0.4, -0.2) is 11.9 Å². The standard InChI is InChI=1S/C10H19NO.H2/c1-7(2)8(3)10(12)11-9-5-4-6-9;/h7-9H,4-6H2,1-3H3,(H,11,12);1H. The van der Waals surface area contributed by atoms with Gasteiger partial charge in [0, 0.05) is 13.4 Å². The smallest absolute Gasteiger partial charge is 0.223 e. The molecular weight excluding hydrogens is 150 g/mol. The van der Waals surface area contributed by atoms with Crippen LogP contribution in [0.2, 0.25) is 0 Å². The van der Waals surface area contributed by atoms with Gasteiger partial charge in [0.1, 0.15) is 0 Å². The number of carbonyl (C=O) groups is 1. The van der Waals surface area contributed by atoms with E-state index in [0.29, 0.717) is 12.0 Å². The fraction of sp³-hybridized carbons (Fsp3) is 0.900. The van der Waals surface area contributed by atoms with Crippen LogP contribution in [0.3, 0.4) is 0 Å². The molecule has 0 bridgehead atoms. The Kier molecular flexibility index (Phi) is 3.12. The van der Waals surface area contributed by atoms with E-state index in [1.807, 2.05) is 6.92 Å². The average Bonchev–Trinajstić information content (AvgIpc) is 1.94. The molecule has 72 valence electrons. The highest BCUT2D eigenvalue weighted by molar-refractivity contribution is 5.78. The normalized spacial score (nSPS) is 20.3. The van der Waals surface area contributed by atoms with Crippen molar-refractivity contribution in [3.05, 3.63) is 0 Å². The SMILES string of the molecule is CC(C)C(C)C(=O)NC1CCC1.[HH]. The molecule has 2 nitrogen and oxygen atoms in total. The van der Waals surface area contributed by atoms with Gasteiger partial charge in [-0.2, -0.15) is 0 Å². The molecule has 0 aromatic carbocycles. The molecule has 1 amide bonds. The van der Waals surface area contributed by atoms with Crippen molar-refractivity contribution in [2.45, 2.75) is 46.1 Å². The molecule has 0 heterocycles. The van der Waals surface area contributed by atoms with E-state index in [-0.39, 0.29) is 13.3 Å². The lowest BCUT2D eigenvalue weighted by molar-refractivity contribution is -0.126. The number of rotatable bonds is 3. The highest BCUT2D eigenvalue weighted by Gasteiger charge is 2.23. The second-order valence-corrected chi connectivity index (χ2v) is 4.17. The summed E-state index contributed by atoms with van der Waals surface area (Å²) in [6.07, 6.45) is 3.63. The minimum Gasteiger partial charge on any atom is -0.353 e. The van der Waals surface area contributed by atoms with Crippen LogP contribution in [0.5, 0.6) is 0 Å². The molecule has 1 saturated carbocycles. The Labute approximate surface area is 76.2 Å². The zero-order valence-electron chi connectivity index (χ0n) is 8.26. The Morgan fingerprint density at radius 3 is 2.33 bits per heavy atom. The van der Waals surface area contributed by atoms with E-state index in [1.54, 1.807) is 0 Å². The van der Waals surface area contributed by atoms with Crippen molar-refractivity contribution >= 4 is 5.91 Å². The van der Waals surface area contributed by atoms with Crippen LogP contribution in [0.4, 0.5) is 0 Å². The lowest BCUT2D eigenvalue weighted by atomic mass is 9.91. The number of nitrogens with one attached hydrogen (secondary N) is 1. The first-order valence-electron chi connectivity index (χ1n) is 4.91. The Morgan fingerprint density at radius 1 is 1.42 bits per heavy atom. The van der Waals surface area contributed by atoms with Gasteiger partial charge in [-0.25, -0.2) is 0 Å². The predicted molar refractivity (Wildman–Crippen MR) is 51.9 cm³/mol. The summed E-state index contributed by atoms with van der Waals surface area (Å²) < 4.78 is 0. The van der Waals surface area contributed by atoms with Crippen LogP contribution in [0, 0.1) is 11.8 Å². The Morgan fingerprint density at radius 2 is 2.00 bits per heavy atom. The average molecular weight is 171 g/mol. The lowest BCUT2D eigenvalue weighted by Crippen LogP contribution is -2.43. The maximum atomic E-state index is 11.5. The minimum atomic E-state index is 0. The summed E-state index contributed by atoms with van der Waals surface area (Å²) in [5, 5.41) is 3.06.